The Morgan fingerprint density at radius 2 is 1.89 bits per heavy atom. The van der Waals surface area contributed by atoms with Crippen LogP contribution in [-0.2, 0) is 6.42 Å². The SMILES string of the molecule is CN1CCN(CCCc2ccccc2[N+](=O)[O-])CC1. The summed E-state index contributed by atoms with van der Waals surface area (Å²) in [4.78, 5) is 15.4. The molecule has 0 radical (unpaired) electrons. The van der Waals surface area contributed by atoms with Gasteiger partial charge < -0.3 is 9.80 Å². The number of aryl methyl sites for hydroxylation is 1. The van der Waals surface area contributed by atoms with Gasteiger partial charge in [-0.15, -0.1) is 0 Å². The molecule has 104 valence electrons. The Balaban J connectivity index is 1.81. The number of nitrogens with zero attached hydrogens (tertiary/aromatic N) is 3. The molecule has 1 fully saturated rings. The summed E-state index contributed by atoms with van der Waals surface area (Å²) in [6.07, 6.45) is 1.76. The van der Waals surface area contributed by atoms with Crippen molar-refractivity contribution >= 4 is 5.69 Å². The average Bonchev–Trinajstić information content (AvgIpc) is 2.41. The van der Waals surface area contributed by atoms with Crippen molar-refractivity contribution in [3.8, 4) is 0 Å². The molecule has 1 aromatic rings. The van der Waals surface area contributed by atoms with Gasteiger partial charge in [0, 0.05) is 37.8 Å². The molecule has 1 aliphatic rings. The van der Waals surface area contributed by atoms with Crippen molar-refractivity contribution in [3.63, 3.8) is 0 Å². The molecule has 1 saturated heterocycles. The van der Waals surface area contributed by atoms with Gasteiger partial charge in [-0.1, -0.05) is 18.2 Å². The Morgan fingerprint density at radius 1 is 1.21 bits per heavy atom. The molecule has 0 aromatic heterocycles. The molecule has 5 nitrogen and oxygen atoms in total. The van der Waals surface area contributed by atoms with Crippen LogP contribution in [-0.4, -0.2) is 54.5 Å². The number of benzene rings is 1. The van der Waals surface area contributed by atoms with Crippen molar-refractivity contribution in [2.75, 3.05) is 39.8 Å². The van der Waals surface area contributed by atoms with E-state index in [1.165, 1.54) is 0 Å². The van der Waals surface area contributed by atoms with Crippen molar-refractivity contribution < 1.29 is 4.92 Å². The third-order valence-corrected chi connectivity index (χ3v) is 3.70. The Morgan fingerprint density at radius 3 is 2.58 bits per heavy atom. The predicted molar refractivity (Wildman–Crippen MR) is 75.4 cm³/mol. The summed E-state index contributed by atoms with van der Waals surface area (Å²) in [5.41, 5.74) is 1.10. The van der Waals surface area contributed by atoms with Gasteiger partial charge >= 0.3 is 0 Å². The molecule has 1 aliphatic heterocycles. The van der Waals surface area contributed by atoms with E-state index in [-0.39, 0.29) is 10.6 Å². The van der Waals surface area contributed by atoms with E-state index in [0.29, 0.717) is 0 Å². The van der Waals surface area contributed by atoms with E-state index in [1.54, 1.807) is 12.1 Å². The Kier molecular flexibility index (Phi) is 4.87. The van der Waals surface area contributed by atoms with Gasteiger partial charge in [-0.25, -0.2) is 0 Å². The summed E-state index contributed by atoms with van der Waals surface area (Å²) >= 11 is 0. The Bertz CT molecular complexity index is 428. The fourth-order valence-electron chi connectivity index (χ4n) is 2.46. The molecule has 1 heterocycles. The number of hydrogen-bond donors (Lipinski definition) is 0. The molecule has 0 spiro atoms. The van der Waals surface area contributed by atoms with Gasteiger partial charge in [0.15, 0.2) is 0 Å². The number of hydrogen-bond acceptors (Lipinski definition) is 4. The normalized spacial score (nSPS) is 17.5. The summed E-state index contributed by atoms with van der Waals surface area (Å²) in [6, 6.07) is 7.05. The molecule has 0 amide bonds. The van der Waals surface area contributed by atoms with Crippen LogP contribution in [0.4, 0.5) is 5.69 Å². The number of nitro benzene ring substituents is 1. The van der Waals surface area contributed by atoms with Crippen LogP contribution in [0.25, 0.3) is 0 Å². The molecule has 0 aliphatic carbocycles. The first-order chi connectivity index (χ1) is 9.16. The highest BCUT2D eigenvalue weighted by atomic mass is 16.6. The van der Waals surface area contributed by atoms with Crippen molar-refractivity contribution in [3.05, 3.63) is 39.9 Å². The molecular weight excluding hydrogens is 242 g/mol. The van der Waals surface area contributed by atoms with E-state index < -0.39 is 0 Å². The number of piperazine rings is 1. The molecular formula is C14H21N3O2. The van der Waals surface area contributed by atoms with Gasteiger partial charge in [0.2, 0.25) is 0 Å². The number of rotatable bonds is 5. The quantitative estimate of drug-likeness (QED) is 0.600. The zero-order valence-corrected chi connectivity index (χ0v) is 11.4. The average molecular weight is 263 g/mol. The third kappa shape index (κ3) is 4.01. The van der Waals surface area contributed by atoms with Crippen molar-refractivity contribution in [1.82, 2.24) is 9.80 Å². The second-order valence-corrected chi connectivity index (χ2v) is 5.13. The van der Waals surface area contributed by atoms with Gasteiger partial charge in [-0.3, -0.25) is 10.1 Å². The summed E-state index contributed by atoms with van der Waals surface area (Å²) < 4.78 is 0. The van der Waals surface area contributed by atoms with Crippen LogP contribution >= 0.6 is 0 Å². The lowest BCUT2D eigenvalue weighted by Gasteiger charge is -2.32. The van der Waals surface area contributed by atoms with Crippen LogP contribution in [0.5, 0.6) is 0 Å². The second kappa shape index (κ2) is 6.63. The lowest BCUT2D eigenvalue weighted by molar-refractivity contribution is -0.385. The lowest BCUT2D eigenvalue weighted by Crippen LogP contribution is -2.44. The van der Waals surface area contributed by atoms with Crippen LogP contribution in [0, 0.1) is 10.1 Å². The highest BCUT2D eigenvalue weighted by molar-refractivity contribution is 5.39. The smallest absolute Gasteiger partial charge is 0.272 e. The first-order valence-electron chi connectivity index (χ1n) is 6.80. The maximum Gasteiger partial charge on any atom is 0.272 e. The molecule has 0 unspecified atom stereocenters. The van der Waals surface area contributed by atoms with Crippen LogP contribution < -0.4 is 0 Å². The molecule has 2 rings (SSSR count). The molecule has 0 saturated carbocycles. The maximum absolute atomic E-state index is 10.9. The fraction of sp³-hybridized carbons (Fsp3) is 0.571. The summed E-state index contributed by atoms with van der Waals surface area (Å²) in [5, 5.41) is 10.9. The molecule has 0 N–H and O–H groups in total. The predicted octanol–water partition coefficient (Wildman–Crippen LogP) is 1.77. The molecule has 1 aromatic carbocycles. The molecule has 19 heavy (non-hydrogen) atoms. The molecule has 0 atom stereocenters. The van der Waals surface area contributed by atoms with E-state index in [0.717, 1.165) is 51.1 Å². The van der Waals surface area contributed by atoms with E-state index in [9.17, 15) is 10.1 Å². The maximum atomic E-state index is 10.9. The third-order valence-electron chi connectivity index (χ3n) is 3.70. The number of nitro groups is 1. The van der Waals surface area contributed by atoms with Gasteiger partial charge in [0.1, 0.15) is 0 Å². The summed E-state index contributed by atoms with van der Waals surface area (Å²) in [7, 11) is 2.14. The van der Waals surface area contributed by atoms with E-state index >= 15 is 0 Å². The Hall–Kier alpha value is -1.46. The standard InChI is InChI=1S/C14H21N3O2/c1-15-9-11-16(12-10-15)8-4-6-13-5-2-3-7-14(13)17(18)19/h2-3,5,7H,4,6,8-12H2,1H3. The van der Waals surface area contributed by atoms with Crippen molar-refractivity contribution in [2.24, 2.45) is 0 Å². The van der Waals surface area contributed by atoms with Gasteiger partial charge in [0.25, 0.3) is 5.69 Å². The minimum absolute atomic E-state index is 0.251. The number of likely N-dealkylation sites (N-methyl/N-ethyl adjacent to an activating group) is 1. The topological polar surface area (TPSA) is 49.6 Å². The summed E-state index contributed by atoms with van der Waals surface area (Å²) in [5.74, 6) is 0. The van der Waals surface area contributed by atoms with E-state index in [2.05, 4.69) is 16.8 Å². The zero-order chi connectivity index (χ0) is 13.7. The first kappa shape index (κ1) is 14.0. The highest BCUT2D eigenvalue weighted by Crippen LogP contribution is 2.19. The van der Waals surface area contributed by atoms with Crippen molar-refractivity contribution in [1.29, 1.82) is 0 Å². The summed E-state index contributed by atoms with van der Waals surface area (Å²) in [6.45, 7) is 5.47. The van der Waals surface area contributed by atoms with Gasteiger partial charge in [-0.2, -0.15) is 0 Å². The van der Waals surface area contributed by atoms with Crippen LogP contribution in [0.1, 0.15) is 12.0 Å². The highest BCUT2D eigenvalue weighted by Gasteiger charge is 2.15. The first-order valence-corrected chi connectivity index (χ1v) is 6.80. The molecule has 0 bridgehead atoms. The monoisotopic (exact) mass is 263 g/mol. The lowest BCUT2D eigenvalue weighted by atomic mass is 10.1. The molecule has 5 heteroatoms. The largest absolute Gasteiger partial charge is 0.304 e. The van der Waals surface area contributed by atoms with Crippen molar-refractivity contribution in [2.45, 2.75) is 12.8 Å². The van der Waals surface area contributed by atoms with Crippen LogP contribution in [0.2, 0.25) is 0 Å². The van der Waals surface area contributed by atoms with Crippen LogP contribution in [0.15, 0.2) is 24.3 Å². The minimum atomic E-state index is -0.287. The second-order valence-electron chi connectivity index (χ2n) is 5.13. The van der Waals surface area contributed by atoms with Gasteiger partial charge in [-0.05, 0) is 26.4 Å². The van der Waals surface area contributed by atoms with E-state index in [1.807, 2.05) is 12.1 Å². The van der Waals surface area contributed by atoms with Crippen LogP contribution in [0.3, 0.4) is 0 Å². The Labute approximate surface area is 114 Å². The number of para-hydroxylation sites is 1. The zero-order valence-electron chi connectivity index (χ0n) is 11.4. The van der Waals surface area contributed by atoms with E-state index in [4.69, 9.17) is 0 Å². The minimum Gasteiger partial charge on any atom is -0.304 e. The van der Waals surface area contributed by atoms with Gasteiger partial charge in [0.05, 0.1) is 4.92 Å². The fourth-order valence-corrected chi connectivity index (χ4v) is 2.46.